The number of hydrogen-bond acceptors (Lipinski definition) is 4. The highest BCUT2D eigenvalue weighted by Gasteiger charge is 2.11. The molecular weight excluding hydrogens is 218 g/mol. The Labute approximate surface area is 98.7 Å². The van der Waals surface area contributed by atoms with Crippen molar-refractivity contribution in [3.05, 3.63) is 36.3 Å². The maximum Gasteiger partial charge on any atom is 0.258 e. The molecule has 0 saturated carbocycles. The second-order valence-corrected chi connectivity index (χ2v) is 3.71. The number of aromatic amines is 1. The highest BCUT2D eigenvalue weighted by atomic mass is 16.1. The molecule has 0 aliphatic heterocycles. The summed E-state index contributed by atoms with van der Waals surface area (Å²) in [5.74, 6) is 0.499. The molecule has 6 nitrogen and oxygen atoms in total. The highest BCUT2D eigenvalue weighted by molar-refractivity contribution is 6.05. The average molecular weight is 231 g/mol. The molecule has 2 rings (SSSR count). The Morgan fingerprint density at radius 2 is 2.29 bits per heavy atom. The van der Waals surface area contributed by atoms with Crippen molar-refractivity contribution in [2.24, 2.45) is 0 Å². The van der Waals surface area contributed by atoms with E-state index in [0.29, 0.717) is 17.1 Å². The maximum absolute atomic E-state index is 11.8. The van der Waals surface area contributed by atoms with Gasteiger partial charge >= 0.3 is 0 Å². The summed E-state index contributed by atoms with van der Waals surface area (Å²) >= 11 is 0. The summed E-state index contributed by atoms with van der Waals surface area (Å²) < 4.78 is 0. The first kappa shape index (κ1) is 11.1. The van der Waals surface area contributed by atoms with Crippen LogP contribution < -0.4 is 10.2 Å². The van der Waals surface area contributed by atoms with Crippen LogP contribution in [0.15, 0.2) is 30.7 Å². The normalized spacial score (nSPS) is 10.0. The fraction of sp³-hybridized carbons (Fsp3) is 0.182. The second-order valence-electron chi connectivity index (χ2n) is 3.71. The molecule has 0 fully saturated rings. The van der Waals surface area contributed by atoms with Gasteiger partial charge in [0.2, 0.25) is 0 Å². The zero-order chi connectivity index (χ0) is 12.3. The molecule has 0 unspecified atom stereocenters. The fourth-order valence-corrected chi connectivity index (χ4v) is 1.42. The molecule has 2 aromatic rings. The molecule has 2 aromatic heterocycles. The molecule has 0 aliphatic carbocycles. The van der Waals surface area contributed by atoms with Crippen molar-refractivity contribution in [1.82, 2.24) is 15.2 Å². The molecule has 0 saturated heterocycles. The van der Waals surface area contributed by atoms with Crippen LogP contribution in [0, 0.1) is 0 Å². The Kier molecular flexibility index (Phi) is 3.04. The number of pyridine rings is 1. The molecule has 88 valence electrons. The Morgan fingerprint density at radius 1 is 1.47 bits per heavy atom. The first-order valence-corrected chi connectivity index (χ1v) is 5.11. The van der Waals surface area contributed by atoms with Gasteiger partial charge in [0, 0.05) is 26.5 Å². The van der Waals surface area contributed by atoms with Crippen molar-refractivity contribution in [3.8, 4) is 0 Å². The number of nitrogens with one attached hydrogen (secondary N) is 2. The highest BCUT2D eigenvalue weighted by Crippen LogP contribution is 2.20. The number of hydrogen-bond donors (Lipinski definition) is 2. The molecule has 0 atom stereocenters. The van der Waals surface area contributed by atoms with E-state index in [2.05, 4.69) is 20.5 Å². The van der Waals surface area contributed by atoms with Crippen LogP contribution in [-0.2, 0) is 0 Å². The number of anilines is 2. The van der Waals surface area contributed by atoms with E-state index in [1.807, 2.05) is 19.0 Å². The Bertz CT molecular complexity index is 506. The van der Waals surface area contributed by atoms with E-state index in [9.17, 15) is 4.79 Å². The van der Waals surface area contributed by atoms with Crippen molar-refractivity contribution >= 4 is 17.4 Å². The van der Waals surface area contributed by atoms with E-state index in [-0.39, 0.29) is 5.91 Å². The molecule has 0 aliphatic rings. The third-order valence-electron chi connectivity index (χ3n) is 2.22. The van der Waals surface area contributed by atoms with Crippen LogP contribution >= 0.6 is 0 Å². The van der Waals surface area contributed by atoms with Crippen molar-refractivity contribution in [2.45, 2.75) is 0 Å². The number of carbonyl (C=O) groups is 1. The minimum Gasteiger partial charge on any atom is -0.361 e. The first-order valence-electron chi connectivity index (χ1n) is 5.11. The molecule has 0 spiro atoms. The van der Waals surface area contributed by atoms with E-state index < -0.39 is 0 Å². The van der Waals surface area contributed by atoms with Gasteiger partial charge in [-0.25, -0.2) is 4.98 Å². The van der Waals surface area contributed by atoms with E-state index in [4.69, 9.17) is 0 Å². The Balaban J connectivity index is 2.22. The maximum atomic E-state index is 11.8. The summed E-state index contributed by atoms with van der Waals surface area (Å²) in [6.07, 6.45) is 4.70. The molecule has 17 heavy (non-hydrogen) atoms. The van der Waals surface area contributed by atoms with E-state index >= 15 is 0 Å². The molecule has 0 radical (unpaired) electrons. The molecule has 2 N–H and O–H groups in total. The lowest BCUT2D eigenvalue weighted by molar-refractivity contribution is 0.102. The molecular formula is C11H13N5O. The van der Waals surface area contributed by atoms with Gasteiger partial charge in [-0.1, -0.05) is 0 Å². The lowest BCUT2D eigenvalue weighted by atomic mass is 10.3. The zero-order valence-electron chi connectivity index (χ0n) is 9.64. The van der Waals surface area contributed by atoms with E-state index in [0.717, 1.165) is 0 Å². The predicted octanol–water partition coefficient (Wildman–Crippen LogP) is 1.12. The first-order chi connectivity index (χ1) is 8.18. The van der Waals surface area contributed by atoms with Crippen LogP contribution in [0.4, 0.5) is 11.5 Å². The lowest BCUT2D eigenvalue weighted by Gasteiger charge is -2.15. The Morgan fingerprint density at radius 3 is 2.94 bits per heavy atom. The van der Waals surface area contributed by atoms with Gasteiger partial charge in [0.1, 0.15) is 0 Å². The molecule has 2 heterocycles. The predicted molar refractivity (Wildman–Crippen MR) is 65.1 cm³/mol. The second kappa shape index (κ2) is 4.65. The minimum absolute atomic E-state index is 0.213. The average Bonchev–Trinajstić information content (AvgIpc) is 2.83. The van der Waals surface area contributed by atoms with Crippen LogP contribution in [-0.4, -0.2) is 35.2 Å². The summed E-state index contributed by atoms with van der Waals surface area (Å²) in [4.78, 5) is 17.9. The summed E-state index contributed by atoms with van der Waals surface area (Å²) in [6.45, 7) is 0. The summed E-state index contributed by atoms with van der Waals surface area (Å²) in [5.41, 5.74) is 1.15. The van der Waals surface area contributed by atoms with Gasteiger partial charge in [0.25, 0.3) is 5.91 Å². The standard InChI is InChI=1S/C11H13N5O/c1-16(2)10-9(4-3-5-12-10)15-11(17)8-6-13-14-7-8/h3-7H,1-2H3,(H,13,14)(H,15,17). The topological polar surface area (TPSA) is 73.9 Å². The molecule has 6 heteroatoms. The van der Waals surface area contributed by atoms with Crippen LogP contribution in [0.5, 0.6) is 0 Å². The number of rotatable bonds is 3. The van der Waals surface area contributed by atoms with Gasteiger partial charge in [0.15, 0.2) is 5.82 Å². The van der Waals surface area contributed by atoms with Gasteiger partial charge in [-0.2, -0.15) is 5.10 Å². The van der Waals surface area contributed by atoms with Gasteiger partial charge in [0.05, 0.1) is 17.4 Å². The number of H-pyrrole nitrogens is 1. The summed E-state index contributed by atoms with van der Waals surface area (Å²) in [6, 6.07) is 3.58. The summed E-state index contributed by atoms with van der Waals surface area (Å²) in [7, 11) is 3.74. The molecule has 0 bridgehead atoms. The minimum atomic E-state index is -0.213. The van der Waals surface area contributed by atoms with Crippen LogP contribution in [0.2, 0.25) is 0 Å². The zero-order valence-corrected chi connectivity index (χ0v) is 9.64. The lowest BCUT2D eigenvalue weighted by Crippen LogP contribution is -2.17. The quantitative estimate of drug-likeness (QED) is 0.830. The van der Waals surface area contributed by atoms with E-state index in [1.165, 1.54) is 6.20 Å². The van der Waals surface area contributed by atoms with E-state index in [1.54, 1.807) is 24.5 Å². The van der Waals surface area contributed by atoms with Gasteiger partial charge < -0.3 is 10.2 Å². The van der Waals surface area contributed by atoms with Crippen molar-refractivity contribution in [3.63, 3.8) is 0 Å². The van der Waals surface area contributed by atoms with Gasteiger partial charge in [-0.3, -0.25) is 9.89 Å². The monoisotopic (exact) mass is 231 g/mol. The molecule has 0 aromatic carbocycles. The number of nitrogens with zero attached hydrogens (tertiary/aromatic N) is 3. The van der Waals surface area contributed by atoms with Crippen LogP contribution in [0.1, 0.15) is 10.4 Å². The van der Waals surface area contributed by atoms with Crippen LogP contribution in [0.25, 0.3) is 0 Å². The third kappa shape index (κ3) is 2.41. The number of amides is 1. The third-order valence-corrected chi connectivity index (χ3v) is 2.22. The number of carbonyl (C=O) groups excluding carboxylic acids is 1. The van der Waals surface area contributed by atoms with Crippen molar-refractivity contribution in [1.29, 1.82) is 0 Å². The number of aromatic nitrogens is 3. The summed E-state index contributed by atoms with van der Waals surface area (Å²) in [5, 5.41) is 9.12. The molecule has 1 amide bonds. The smallest absolute Gasteiger partial charge is 0.258 e. The SMILES string of the molecule is CN(C)c1ncccc1NC(=O)c1cn[nH]c1. The van der Waals surface area contributed by atoms with Crippen LogP contribution in [0.3, 0.4) is 0 Å². The van der Waals surface area contributed by atoms with Gasteiger partial charge in [-0.05, 0) is 12.1 Å². The largest absolute Gasteiger partial charge is 0.361 e. The van der Waals surface area contributed by atoms with Crippen molar-refractivity contribution < 1.29 is 4.79 Å². The Hall–Kier alpha value is -2.37. The van der Waals surface area contributed by atoms with Crippen molar-refractivity contribution in [2.75, 3.05) is 24.3 Å². The fourth-order valence-electron chi connectivity index (χ4n) is 1.42. The van der Waals surface area contributed by atoms with Gasteiger partial charge in [-0.15, -0.1) is 0 Å².